The maximum absolute atomic E-state index is 2.45. The molecule has 0 saturated heterocycles. The van der Waals surface area contributed by atoms with Gasteiger partial charge in [0.25, 0.3) is 0 Å². The second kappa shape index (κ2) is 12.0. The number of nitrogens with zero attached hydrogens (tertiary/aromatic N) is 2. The number of fused-ring (bicyclic) bond motifs is 5. The van der Waals surface area contributed by atoms with Crippen molar-refractivity contribution in [2.24, 2.45) is 0 Å². The van der Waals surface area contributed by atoms with Crippen LogP contribution in [-0.4, -0.2) is 4.57 Å². The Hall–Kier alpha value is -6.12. The number of benzene rings is 7. The molecule has 8 aromatic rings. The van der Waals surface area contributed by atoms with Crippen LogP contribution >= 0.6 is 0 Å². The summed E-state index contributed by atoms with van der Waals surface area (Å²) in [5, 5.41) is 3.78. The number of anilines is 3. The van der Waals surface area contributed by atoms with E-state index >= 15 is 0 Å². The summed E-state index contributed by atoms with van der Waals surface area (Å²) < 4.78 is 2.42. The number of rotatable bonds is 6. The zero-order valence-corrected chi connectivity index (χ0v) is 29.6. The van der Waals surface area contributed by atoms with E-state index in [0.29, 0.717) is 0 Å². The first-order valence-electron chi connectivity index (χ1n) is 17.9. The smallest absolute Gasteiger partial charge is 0.0540 e. The Balaban J connectivity index is 1.10. The largest absolute Gasteiger partial charge is 0.314 e. The van der Waals surface area contributed by atoms with Crippen LogP contribution in [0, 0.1) is 13.8 Å². The lowest BCUT2D eigenvalue weighted by Crippen LogP contribution is -2.15. The molecule has 0 spiro atoms. The highest BCUT2D eigenvalue weighted by atomic mass is 15.1. The van der Waals surface area contributed by atoms with E-state index in [4.69, 9.17) is 0 Å². The highest BCUT2D eigenvalue weighted by Crippen LogP contribution is 2.51. The van der Waals surface area contributed by atoms with E-state index in [2.05, 4.69) is 207 Å². The fourth-order valence-electron chi connectivity index (χ4n) is 8.25. The average molecular weight is 657 g/mol. The number of para-hydroxylation sites is 3. The summed E-state index contributed by atoms with van der Waals surface area (Å²) in [6.07, 6.45) is 4.56. The Labute approximate surface area is 300 Å². The monoisotopic (exact) mass is 656 g/mol. The van der Waals surface area contributed by atoms with Gasteiger partial charge in [-0.3, -0.25) is 0 Å². The zero-order chi connectivity index (χ0) is 34.7. The quantitative estimate of drug-likeness (QED) is 0.162. The molecule has 51 heavy (non-hydrogen) atoms. The average Bonchev–Trinajstić information content (AvgIpc) is 3.55. The summed E-state index contributed by atoms with van der Waals surface area (Å²) in [7, 11) is 0. The highest BCUT2D eigenvalue weighted by Gasteiger charge is 2.36. The summed E-state index contributed by atoms with van der Waals surface area (Å²) >= 11 is 0. The van der Waals surface area contributed by atoms with Gasteiger partial charge in [0.1, 0.15) is 0 Å². The molecule has 0 fully saturated rings. The van der Waals surface area contributed by atoms with E-state index in [1.165, 1.54) is 72.0 Å². The lowest BCUT2D eigenvalue weighted by atomic mass is 9.81. The maximum atomic E-state index is 2.45. The van der Waals surface area contributed by atoms with Crippen molar-refractivity contribution < 1.29 is 0 Å². The first-order chi connectivity index (χ1) is 24.9. The van der Waals surface area contributed by atoms with E-state index in [1.807, 2.05) is 0 Å². The van der Waals surface area contributed by atoms with Gasteiger partial charge in [-0.1, -0.05) is 129 Å². The molecule has 0 atom stereocenters. The predicted molar refractivity (Wildman–Crippen MR) is 218 cm³/mol. The van der Waals surface area contributed by atoms with Gasteiger partial charge in [0, 0.05) is 38.9 Å². The van der Waals surface area contributed by atoms with E-state index in [9.17, 15) is 0 Å². The number of aromatic nitrogens is 1. The normalized spacial score (nSPS) is 13.2. The van der Waals surface area contributed by atoms with Crippen LogP contribution in [0.3, 0.4) is 0 Å². The van der Waals surface area contributed by atoms with Crippen molar-refractivity contribution in [3.05, 3.63) is 191 Å². The lowest BCUT2D eigenvalue weighted by molar-refractivity contribution is 0.660. The van der Waals surface area contributed by atoms with Gasteiger partial charge in [-0.25, -0.2) is 0 Å². The molecule has 7 aromatic carbocycles. The number of hydrogen-bond acceptors (Lipinski definition) is 1. The van der Waals surface area contributed by atoms with Crippen molar-refractivity contribution in [1.82, 2.24) is 4.57 Å². The van der Waals surface area contributed by atoms with Crippen LogP contribution in [0.5, 0.6) is 0 Å². The fraction of sp³-hybridized carbons (Fsp3) is 0.102. The van der Waals surface area contributed by atoms with Crippen LogP contribution in [0.25, 0.3) is 50.6 Å². The van der Waals surface area contributed by atoms with Gasteiger partial charge in [0.2, 0.25) is 0 Å². The van der Waals surface area contributed by atoms with Gasteiger partial charge in [-0.15, -0.1) is 0 Å². The van der Waals surface area contributed by atoms with Crippen molar-refractivity contribution >= 4 is 50.9 Å². The molecule has 1 aromatic heterocycles. The summed E-state index contributed by atoms with van der Waals surface area (Å²) in [4.78, 5) is 2.35. The molecule has 2 heteroatoms. The minimum atomic E-state index is -0.122. The van der Waals surface area contributed by atoms with Gasteiger partial charge in [0.15, 0.2) is 0 Å². The third-order valence-electron chi connectivity index (χ3n) is 11.0. The van der Waals surface area contributed by atoms with Crippen LogP contribution in [0.4, 0.5) is 17.1 Å². The van der Waals surface area contributed by atoms with Crippen molar-refractivity contribution in [3.8, 4) is 16.8 Å². The minimum Gasteiger partial charge on any atom is -0.314 e. The number of hydrogen-bond donors (Lipinski definition) is 0. The molecular formula is C49H40N2. The topological polar surface area (TPSA) is 8.17 Å². The molecule has 0 bridgehead atoms. The maximum Gasteiger partial charge on any atom is 0.0540 e. The summed E-state index contributed by atoms with van der Waals surface area (Å²) in [5.74, 6) is 0. The second-order valence-corrected chi connectivity index (χ2v) is 14.3. The van der Waals surface area contributed by atoms with E-state index < -0.39 is 0 Å². The summed E-state index contributed by atoms with van der Waals surface area (Å²) in [5.41, 5.74) is 16.3. The molecule has 2 nitrogen and oxygen atoms in total. The van der Waals surface area contributed by atoms with Gasteiger partial charge < -0.3 is 9.47 Å². The standard InChI is InChI=1S/C49H40N2/c1-33-34(2)50(37-17-8-5-9-18-37)48-32-46-44(31-43(33)48)41-29-27-35(30-45(41)49(46,3)4)26-28-36-16-14-24-42-40(36)23-15-25-47(42)51(38-19-10-6-11-20-38)39-21-12-7-13-22-39/h5-32H,1-4H3. The van der Waals surface area contributed by atoms with Gasteiger partial charge in [-0.05, 0) is 113 Å². The molecule has 0 aliphatic heterocycles. The molecule has 0 radical (unpaired) electrons. The van der Waals surface area contributed by atoms with Gasteiger partial charge in [-0.2, -0.15) is 0 Å². The predicted octanol–water partition coefficient (Wildman–Crippen LogP) is 13.3. The van der Waals surface area contributed by atoms with Gasteiger partial charge in [0.05, 0.1) is 11.2 Å². The zero-order valence-electron chi connectivity index (χ0n) is 29.6. The summed E-state index contributed by atoms with van der Waals surface area (Å²) in [6.45, 7) is 9.26. The molecular weight excluding hydrogens is 617 g/mol. The Morgan fingerprint density at radius 2 is 1.16 bits per heavy atom. The Bertz CT molecular complexity index is 2570. The fourth-order valence-corrected chi connectivity index (χ4v) is 8.25. The minimum absolute atomic E-state index is 0.122. The van der Waals surface area contributed by atoms with Crippen LogP contribution in [-0.2, 0) is 5.41 Å². The van der Waals surface area contributed by atoms with Crippen LogP contribution < -0.4 is 4.90 Å². The summed E-state index contributed by atoms with van der Waals surface area (Å²) in [6, 6.07) is 57.2. The third-order valence-corrected chi connectivity index (χ3v) is 11.0. The van der Waals surface area contributed by atoms with Crippen molar-refractivity contribution in [1.29, 1.82) is 0 Å². The van der Waals surface area contributed by atoms with Crippen LogP contribution in [0.15, 0.2) is 158 Å². The number of aryl methyl sites for hydroxylation is 1. The van der Waals surface area contributed by atoms with E-state index in [1.54, 1.807) is 0 Å². The third kappa shape index (κ3) is 5.02. The Morgan fingerprint density at radius 3 is 1.86 bits per heavy atom. The van der Waals surface area contributed by atoms with Crippen LogP contribution in [0.1, 0.15) is 47.4 Å². The van der Waals surface area contributed by atoms with Crippen molar-refractivity contribution in [3.63, 3.8) is 0 Å². The molecule has 1 heterocycles. The molecule has 0 amide bonds. The van der Waals surface area contributed by atoms with E-state index in [-0.39, 0.29) is 5.41 Å². The highest BCUT2D eigenvalue weighted by molar-refractivity contribution is 6.03. The van der Waals surface area contributed by atoms with Crippen molar-refractivity contribution in [2.45, 2.75) is 33.1 Å². The van der Waals surface area contributed by atoms with Gasteiger partial charge >= 0.3 is 0 Å². The van der Waals surface area contributed by atoms with E-state index in [0.717, 1.165) is 17.1 Å². The molecule has 0 unspecified atom stereocenters. The van der Waals surface area contributed by atoms with Crippen molar-refractivity contribution in [2.75, 3.05) is 4.90 Å². The Morgan fingerprint density at radius 1 is 0.529 bits per heavy atom. The first kappa shape index (κ1) is 30.9. The molecule has 1 aliphatic rings. The molecule has 0 N–H and O–H groups in total. The first-order valence-corrected chi connectivity index (χ1v) is 17.9. The van der Waals surface area contributed by atoms with Crippen LogP contribution in [0.2, 0.25) is 0 Å². The lowest BCUT2D eigenvalue weighted by Gasteiger charge is -2.27. The molecule has 1 aliphatic carbocycles. The SMILES string of the molecule is Cc1c(C)n(-c2ccccc2)c2cc3c(cc12)-c1ccc(C=Cc2cccc4c(N(c5ccccc5)c5ccccc5)cccc24)cc1C3(C)C. The second-order valence-electron chi connectivity index (χ2n) is 14.3. The Kier molecular flexibility index (Phi) is 7.29. The molecule has 0 saturated carbocycles. The molecule has 9 rings (SSSR count). The molecule has 246 valence electrons.